The molecular weight excluding hydrogens is 294 g/mol. The standard InChI is InChI=1S/C12H11N5OS2/c1-5-6(2)19-12(16-5)17-10(18)9-7(13)8-11(20-9)15-4-3-14-8/h3-4H,13H2,1-2H3,(H,16,17,18). The van der Waals surface area contributed by atoms with E-state index in [-0.39, 0.29) is 5.91 Å². The average molecular weight is 305 g/mol. The Morgan fingerprint density at radius 3 is 2.65 bits per heavy atom. The van der Waals surface area contributed by atoms with E-state index in [0.29, 0.717) is 26.0 Å². The van der Waals surface area contributed by atoms with Crippen molar-refractivity contribution < 1.29 is 4.79 Å². The van der Waals surface area contributed by atoms with Gasteiger partial charge in [-0.2, -0.15) is 0 Å². The number of thiazole rings is 1. The summed E-state index contributed by atoms with van der Waals surface area (Å²) in [4.78, 5) is 27.0. The van der Waals surface area contributed by atoms with Crippen LogP contribution in [-0.2, 0) is 0 Å². The van der Waals surface area contributed by atoms with Crippen LogP contribution in [0.1, 0.15) is 20.2 Å². The zero-order valence-corrected chi connectivity index (χ0v) is 12.4. The number of nitrogens with zero attached hydrogens (tertiary/aromatic N) is 3. The van der Waals surface area contributed by atoms with Crippen molar-refractivity contribution in [2.24, 2.45) is 0 Å². The first kappa shape index (κ1) is 12.9. The van der Waals surface area contributed by atoms with Gasteiger partial charge in [-0.3, -0.25) is 10.1 Å². The van der Waals surface area contributed by atoms with Gasteiger partial charge in [0.05, 0.1) is 11.4 Å². The number of hydrogen-bond donors (Lipinski definition) is 2. The second-order valence-corrected chi connectivity index (χ2v) is 6.37. The fraction of sp³-hybridized carbons (Fsp3) is 0.167. The van der Waals surface area contributed by atoms with E-state index in [1.807, 2.05) is 13.8 Å². The van der Waals surface area contributed by atoms with Gasteiger partial charge >= 0.3 is 0 Å². The number of anilines is 2. The lowest BCUT2D eigenvalue weighted by atomic mass is 10.3. The summed E-state index contributed by atoms with van der Waals surface area (Å²) < 4.78 is 0. The Morgan fingerprint density at radius 2 is 2.00 bits per heavy atom. The number of fused-ring (bicyclic) bond motifs is 1. The van der Waals surface area contributed by atoms with Crippen LogP contribution in [0.3, 0.4) is 0 Å². The van der Waals surface area contributed by atoms with E-state index in [2.05, 4.69) is 20.3 Å². The number of thiophene rings is 1. The van der Waals surface area contributed by atoms with Crippen LogP contribution in [0.2, 0.25) is 0 Å². The van der Waals surface area contributed by atoms with Gasteiger partial charge in [-0.1, -0.05) is 0 Å². The van der Waals surface area contributed by atoms with Gasteiger partial charge in [0.15, 0.2) is 5.13 Å². The van der Waals surface area contributed by atoms with Gasteiger partial charge in [0.1, 0.15) is 15.2 Å². The molecule has 102 valence electrons. The fourth-order valence-electron chi connectivity index (χ4n) is 1.69. The lowest BCUT2D eigenvalue weighted by molar-refractivity contribution is 0.103. The molecule has 0 aliphatic carbocycles. The largest absolute Gasteiger partial charge is 0.396 e. The van der Waals surface area contributed by atoms with Crippen molar-refractivity contribution in [2.45, 2.75) is 13.8 Å². The summed E-state index contributed by atoms with van der Waals surface area (Å²) in [7, 11) is 0. The normalized spacial score (nSPS) is 10.9. The Bertz CT molecular complexity index is 788. The number of carbonyl (C=O) groups excluding carboxylic acids is 1. The Hall–Kier alpha value is -2.06. The number of nitrogens with two attached hydrogens (primary N) is 1. The molecule has 0 saturated carbocycles. The van der Waals surface area contributed by atoms with E-state index in [0.717, 1.165) is 10.6 Å². The highest BCUT2D eigenvalue weighted by atomic mass is 32.1. The molecule has 0 radical (unpaired) electrons. The summed E-state index contributed by atoms with van der Waals surface area (Å²) in [5, 5.41) is 3.34. The molecule has 0 aliphatic heterocycles. The molecule has 1 amide bonds. The fourth-order valence-corrected chi connectivity index (χ4v) is 3.42. The van der Waals surface area contributed by atoms with Gasteiger partial charge in [-0.05, 0) is 13.8 Å². The molecule has 0 spiro atoms. The summed E-state index contributed by atoms with van der Waals surface area (Å²) in [6, 6.07) is 0. The molecule has 3 aromatic rings. The number of carbonyl (C=O) groups is 1. The minimum atomic E-state index is -0.277. The molecule has 0 atom stereocenters. The second-order valence-electron chi connectivity index (χ2n) is 4.17. The maximum atomic E-state index is 12.3. The summed E-state index contributed by atoms with van der Waals surface area (Å²) in [5.74, 6) is -0.277. The molecule has 0 aliphatic rings. The number of rotatable bonds is 2. The lowest BCUT2D eigenvalue weighted by Gasteiger charge is -1.99. The summed E-state index contributed by atoms with van der Waals surface area (Å²) in [5.41, 5.74) is 7.80. The zero-order chi connectivity index (χ0) is 14.3. The van der Waals surface area contributed by atoms with E-state index >= 15 is 0 Å². The van der Waals surface area contributed by atoms with Crippen molar-refractivity contribution in [3.63, 3.8) is 0 Å². The van der Waals surface area contributed by atoms with Crippen molar-refractivity contribution in [3.05, 3.63) is 27.8 Å². The topological polar surface area (TPSA) is 93.8 Å². The van der Waals surface area contributed by atoms with Gasteiger partial charge in [0, 0.05) is 17.3 Å². The highest BCUT2D eigenvalue weighted by Gasteiger charge is 2.19. The summed E-state index contributed by atoms with van der Waals surface area (Å²) in [6.07, 6.45) is 3.13. The Labute approximate surface area is 122 Å². The number of nitrogens with one attached hydrogen (secondary N) is 1. The number of aromatic nitrogens is 3. The summed E-state index contributed by atoms with van der Waals surface area (Å²) in [6.45, 7) is 3.87. The Kier molecular flexibility index (Phi) is 3.11. The number of nitrogen functional groups attached to an aromatic ring is 1. The molecule has 0 fully saturated rings. The highest BCUT2D eigenvalue weighted by Crippen LogP contribution is 2.31. The first-order chi connectivity index (χ1) is 9.56. The Morgan fingerprint density at radius 1 is 1.25 bits per heavy atom. The van der Waals surface area contributed by atoms with E-state index in [9.17, 15) is 4.79 Å². The lowest BCUT2D eigenvalue weighted by Crippen LogP contribution is -2.11. The first-order valence-corrected chi connectivity index (χ1v) is 7.44. The third-order valence-electron chi connectivity index (χ3n) is 2.82. The smallest absolute Gasteiger partial charge is 0.269 e. The first-order valence-electron chi connectivity index (χ1n) is 5.80. The highest BCUT2D eigenvalue weighted by molar-refractivity contribution is 7.21. The molecule has 0 unspecified atom stereocenters. The van der Waals surface area contributed by atoms with Crippen LogP contribution in [0.25, 0.3) is 10.3 Å². The van der Waals surface area contributed by atoms with Crippen LogP contribution in [0.4, 0.5) is 10.8 Å². The number of hydrogen-bond acceptors (Lipinski definition) is 7. The molecule has 3 rings (SSSR count). The SMILES string of the molecule is Cc1nc(NC(=O)c2sc3nccnc3c2N)sc1C. The van der Waals surface area contributed by atoms with E-state index in [4.69, 9.17) is 5.73 Å². The quantitative estimate of drug-likeness (QED) is 0.759. The molecule has 0 saturated heterocycles. The van der Waals surface area contributed by atoms with Gasteiger partial charge in [0.25, 0.3) is 5.91 Å². The van der Waals surface area contributed by atoms with Crippen LogP contribution in [0.15, 0.2) is 12.4 Å². The molecule has 8 heteroatoms. The monoisotopic (exact) mass is 305 g/mol. The molecule has 0 aromatic carbocycles. The third-order valence-corrected chi connectivity index (χ3v) is 4.91. The number of aryl methyl sites for hydroxylation is 2. The molecule has 3 N–H and O–H groups in total. The third kappa shape index (κ3) is 2.12. The maximum Gasteiger partial charge on any atom is 0.269 e. The molecule has 3 heterocycles. The molecule has 6 nitrogen and oxygen atoms in total. The second kappa shape index (κ2) is 4.80. The van der Waals surface area contributed by atoms with Crippen molar-refractivity contribution in [2.75, 3.05) is 11.1 Å². The maximum absolute atomic E-state index is 12.3. The molecule has 20 heavy (non-hydrogen) atoms. The van der Waals surface area contributed by atoms with Gasteiger partial charge in [0.2, 0.25) is 0 Å². The van der Waals surface area contributed by atoms with Crippen molar-refractivity contribution >= 4 is 49.7 Å². The van der Waals surface area contributed by atoms with Crippen LogP contribution in [0, 0.1) is 13.8 Å². The average Bonchev–Trinajstić information content (AvgIpc) is 2.91. The van der Waals surface area contributed by atoms with Gasteiger partial charge in [-0.25, -0.2) is 15.0 Å². The van der Waals surface area contributed by atoms with E-state index in [1.165, 1.54) is 22.7 Å². The van der Waals surface area contributed by atoms with Gasteiger partial charge < -0.3 is 5.73 Å². The van der Waals surface area contributed by atoms with Crippen molar-refractivity contribution in [1.82, 2.24) is 15.0 Å². The predicted octanol–water partition coefficient (Wildman–Crippen LogP) is 2.60. The van der Waals surface area contributed by atoms with Crippen LogP contribution >= 0.6 is 22.7 Å². The molecule has 0 bridgehead atoms. The van der Waals surface area contributed by atoms with Crippen molar-refractivity contribution in [1.29, 1.82) is 0 Å². The van der Waals surface area contributed by atoms with Crippen LogP contribution in [0.5, 0.6) is 0 Å². The van der Waals surface area contributed by atoms with E-state index < -0.39 is 0 Å². The zero-order valence-electron chi connectivity index (χ0n) is 10.8. The minimum Gasteiger partial charge on any atom is -0.396 e. The van der Waals surface area contributed by atoms with Gasteiger partial charge in [-0.15, -0.1) is 22.7 Å². The van der Waals surface area contributed by atoms with Crippen LogP contribution in [-0.4, -0.2) is 20.9 Å². The van der Waals surface area contributed by atoms with Crippen molar-refractivity contribution in [3.8, 4) is 0 Å². The number of amides is 1. The molecule has 3 aromatic heterocycles. The Balaban J connectivity index is 1.94. The van der Waals surface area contributed by atoms with E-state index in [1.54, 1.807) is 12.4 Å². The van der Waals surface area contributed by atoms with Crippen LogP contribution < -0.4 is 11.1 Å². The summed E-state index contributed by atoms with van der Waals surface area (Å²) >= 11 is 2.67. The predicted molar refractivity (Wildman–Crippen MR) is 81.4 cm³/mol. The minimum absolute atomic E-state index is 0.277. The molecular formula is C12H11N5OS2.